The first-order valence-corrected chi connectivity index (χ1v) is 5.44. The minimum Gasteiger partial charge on any atom is -0.264 e. The second-order valence-corrected chi connectivity index (χ2v) is 3.99. The van der Waals surface area contributed by atoms with Crippen molar-refractivity contribution in [3.8, 4) is 0 Å². The summed E-state index contributed by atoms with van der Waals surface area (Å²) < 4.78 is 0. The Kier molecular flexibility index (Phi) is 4.79. The zero-order chi connectivity index (χ0) is 9.52. The van der Waals surface area contributed by atoms with E-state index in [2.05, 4.69) is 0 Å². The van der Waals surface area contributed by atoms with E-state index in [0.29, 0.717) is 0 Å². The zero-order valence-corrected chi connectivity index (χ0v) is 8.21. The topological polar surface area (TPSA) is 43.1 Å². The molecule has 0 N–H and O–H groups in total. The molecule has 3 nitrogen and oxygen atoms in total. The van der Waals surface area contributed by atoms with Crippen molar-refractivity contribution in [2.24, 2.45) is 0 Å². The van der Waals surface area contributed by atoms with E-state index in [1.807, 2.05) is 0 Å². The summed E-state index contributed by atoms with van der Waals surface area (Å²) in [5, 5.41) is 10.6. The lowest BCUT2D eigenvalue weighted by Gasteiger charge is -2.11. The van der Waals surface area contributed by atoms with E-state index < -0.39 is 0 Å². The van der Waals surface area contributed by atoms with Gasteiger partial charge in [-0.3, -0.25) is 10.1 Å². The predicted molar refractivity (Wildman–Crippen MR) is 52.3 cm³/mol. The van der Waals surface area contributed by atoms with Crippen molar-refractivity contribution in [1.82, 2.24) is 0 Å². The molecular weight excluding hydrogens is 166 g/mol. The van der Waals surface area contributed by atoms with Gasteiger partial charge in [0.15, 0.2) is 0 Å². The highest BCUT2D eigenvalue weighted by molar-refractivity contribution is 4.60. The number of rotatable bonds is 1. The van der Waals surface area contributed by atoms with E-state index in [0.717, 1.165) is 25.7 Å². The molecule has 0 aromatic carbocycles. The molecule has 0 saturated heterocycles. The lowest BCUT2D eigenvalue weighted by Crippen LogP contribution is -2.19. The molecule has 0 spiro atoms. The quantitative estimate of drug-likeness (QED) is 0.465. The van der Waals surface area contributed by atoms with Gasteiger partial charge in [0.05, 0.1) is 0 Å². The van der Waals surface area contributed by atoms with E-state index in [1.165, 1.54) is 32.1 Å². The maximum Gasteiger partial charge on any atom is 0.213 e. The van der Waals surface area contributed by atoms with Gasteiger partial charge in [-0.2, -0.15) is 0 Å². The van der Waals surface area contributed by atoms with Gasteiger partial charge in [-0.25, -0.2) is 0 Å². The van der Waals surface area contributed by atoms with Crippen LogP contribution in [0.1, 0.15) is 57.8 Å². The molecule has 1 aliphatic carbocycles. The summed E-state index contributed by atoms with van der Waals surface area (Å²) in [6, 6.07) is -0.252. The van der Waals surface area contributed by atoms with Crippen LogP contribution in [0.5, 0.6) is 0 Å². The number of nitro groups is 1. The van der Waals surface area contributed by atoms with E-state index in [-0.39, 0.29) is 11.0 Å². The second-order valence-electron chi connectivity index (χ2n) is 3.99. The van der Waals surface area contributed by atoms with Crippen LogP contribution < -0.4 is 0 Å². The van der Waals surface area contributed by atoms with Gasteiger partial charge in [0.25, 0.3) is 0 Å². The summed E-state index contributed by atoms with van der Waals surface area (Å²) in [6.07, 6.45) is 9.92. The highest BCUT2D eigenvalue weighted by atomic mass is 16.6. The lowest BCUT2D eigenvalue weighted by molar-refractivity contribution is -0.524. The van der Waals surface area contributed by atoms with Gasteiger partial charge in [-0.05, 0) is 12.8 Å². The van der Waals surface area contributed by atoms with Crippen molar-refractivity contribution in [3.05, 3.63) is 10.1 Å². The first kappa shape index (κ1) is 10.5. The Morgan fingerprint density at radius 1 is 0.846 bits per heavy atom. The van der Waals surface area contributed by atoms with Gasteiger partial charge < -0.3 is 0 Å². The first-order chi connectivity index (χ1) is 6.30. The summed E-state index contributed by atoms with van der Waals surface area (Å²) in [4.78, 5) is 10.5. The summed E-state index contributed by atoms with van der Waals surface area (Å²) in [5.41, 5.74) is 0. The fourth-order valence-electron chi connectivity index (χ4n) is 2.00. The summed E-state index contributed by atoms with van der Waals surface area (Å²) in [6.45, 7) is 0. The van der Waals surface area contributed by atoms with Crippen molar-refractivity contribution < 1.29 is 4.92 Å². The van der Waals surface area contributed by atoms with Gasteiger partial charge in [-0.15, -0.1) is 0 Å². The molecule has 0 bridgehead atoms. The van der Waals surface area contributed by atoms with Crippen molar-refractivity contribution in [1.29, 1.82) is 0 Å². The van der Waals surface area contributed by atoms with E-state index in [9.17, 15) is 10.1 Å². The molecule has 76 valence electrons. The molecule has 0 atom stereocenters. The third-order valence-corrected chi connectivity index (χ3v) is 2.87. The van der Waals surface area contributed by atoms with E-state index in [1.54, 1.807) is 0 Å². The van der Waals surface area contributed by atoms with Crippen LogP contribution in [0.25, 0.3) is 0 Å². The maximum atomic E-state index is 10.6. The molecule has 3 heteroatoms. The van der Waals surface area contributed by atoms with Crippen LogP contribution in [0.3, 0.4) is 0 Å². The Hall–Kier alpha value is -0.600. The van der Waals surface area contributed by atoms with Crippen LogP contribution in [0.4, 0.5) is 0 Å². The monoisotopic (exact) mass is 185 g/mol. The molecular formula is C10H19NO2. The SMILES string of the molecule is O=[N+]([O-])C1CCCCCCCCC1. The highest BCUT2D eigenvalue weighted by Crippen LogP contribution is 2.18. The molecule has 1 saturated carbocycles. The molecule has 1 aliphatic rings. The van der Waals surface area contributed by atoms with E-state index in [4.69, 9.17) is 0 Å². The minimum atomic E-state index is -0.252. The smallest absolute Gasteiger partial charge is 0.213 e. The third kappa shape index (κ3) is 4.25. The molecule has 0 unspecified atom stereocenters. The Morgan fingerprint density at radius 3 is 1.62 bits per heavy atom. The minimum absolute atomic E-state index is 0.0817. The van der Waals surface area contributed by atoms with Gasteiger partial charge in [-0.1, -0.05) is 32.1 Å². The van der Waals surface area contributed by atoms with Crippen molar-refractivity contribution in [2.45, 2.75) is 63.8 Å². The average molecular weight is 185 g/mol. The standard InChI is InChI=1S/C10H19NO2/c12-11(13)10-8-6-4-2-1-3-5-7-9-10/h10H,1-9H2. The zero-order valence-electron chi connectivity index (χ0n) is 8.21. The normalized spacial score (nSPS) is 22.5. The molecule has 0 radical (unpaired) electrons. The Labute approximate surface area is 79.7 Å². The van der Waals surface area contributed by atoms with E-state index >= 15 is 0 Å². The molecule has 0 amide bonds. The Bertz CT molecular complexity index is 149. The summed E-state index contributed by atoms with van der Waals surface area (Å²) >= 11 is 0. The molecule has 1 rings (SSSR count). The van der Waals surface area contributed by atoms with Crippen molar-refractivity contribution in [3.63, 3.8) is 0 Å². The average Bonchev–Trinajstić information content (AvgIpc) is 2.14. The molecule has 0 aliphatic heterocycles. The Morgan fingerprint density at radius 2 is 1.23 bits per heavy atom. The predicted octanol–water partition coefficient (Wildman–Crippen LogP) is 3.16. The summed E-state index contributed by atoms with van der Waals surface area (Å²) in [7, 11) is 0. The molecule has 13 heavy (non-hydrogen) atoms. The lowest BCUT2D eigenvalue weighted by atomic mass is 9.98. The molecule has 1 fully saturated rings. The van der Waals surface area contributed by atoms with Crippen LogP contribution in [0.2, 0.25) is 0 Å². The van der Waals surface area contributed by atoms with Crippen LogP contribution in [0, 0.1) is 10.1 Å². The molecule has 0 aromatic heterocycles. The van der Waals surface area contributed by atoms with Crippen LogP contribution >= 0.6 is 0 Å². The highest BCUT2D eigenvalue weighted by Gasteiger charge is 2.19. The van der Waals surface area contributed by atoms with Crippen molar-refractivity contribution in [2.75, 3.05) is 0 Å². The molecule has 0 heterocycles. The van der Waals surface area contributed by atoms with Crippen LogP contribution in [-0.2, 0) is 0 Å². The summed E-state index contributed by atoms with van der Waals surface area (Å²) in [5.74, 6) is 0. The molecule has 0 aromatic rings. The van der Waals surface area contributed by atoms with Gasteiger partial charge in [0.2, 0.25) is 6.04 Å². The van der Waals surface area contributed by atoms with Crippen LogP contribution in [0.15, 0.2) is 0 Å². The van der Waals surface area contributed by atoms with Crippen molar-refractivity contribution >= 4 is 0 Å². The first-order valence-electron chi connectivity index (χ1n) is 5.44. The number of nitrogens with zero attached hydrogens (tertiary/aromatic N) is 1. The van der Waals surface area contributed by atoms with Gasteiger partial charge >= 0.3 is 0 Å². The fourth-order valence-corrected chi connectivity index (χ4v) is 2.00. The number of hydrogen-bond donors (Lipinski definition) is 0. The number of hydrogen-bond acceptors (Lipinski definition) is 2. The second kappa shape index (κ2) is 5.95. The fraction of sp³-hybridized carbons (Fsp3) is 1.00. The van der Waals surface area contributed by atoms with Gasteiger partial charge in [0.1, 0.15) is 0 Å². The largest absolute Gasteiger partial charge is 0.264 e. The van der Waals surface area contributed by atoms with Crippen LogP contribution in [-0.4, -0.2) is 11.0 Å². The van der Waals surface area contributed by atoms with Gasteiger partial charge in [0, 0.05) is 17.8 Å². The maximum absolute atomic E-state index is 10.6. The third-order valence-electron chi connectivity index (χ3n) is 2.87. The Balaban J connectivity index is 2.30.